The molecule has 3 aromatic heterocycles. The van der Waals surface area contributed by atoms with Crippen molar-refractivity contribution in [2.24, 2.45) is 0 Å². The summed E-state index contributed by atoms with van der Waals surface area (Å²) in [5.74, 6) is 0.831. The van der Waals surface area contributed by atoms with Crippen molar-refractivity contribution in [2.45, 2.75) is 20.3 Å². The Hall–Kier alpha value is -2.81. The van der Waals surface area contributed by atoms with Gasteiger partial charge in [0, 0.05) is 34.2 Å². The number of nitrogens with zero attached hydrogens (tertiary/aromatic N) is 2. The maximum absolute atomic E-state index is 12.8. The van der Waals surface area contributed by atoms with Crippen molar-refractivity contribution in [1.29, 1.82) is 0 Å². The van der Waals surface area contributed by atoms with Gasteiger partial charge < -0.3 is 9.73 Å². The summed E-state index contributed by atoms with van der Waals surface area (Å²) in [7, 11) is 0. The van der Waals surface area contributed by atoms with E-state index in [2.05, 4.69) is 15.3 Å². The Kier molecular flexibility index (Phi) is 5.80. The van der Waals surface area contributed by atoms with Gasteiger partial charge in [-0.1, -0.05) is 23.7 Å². The number of halogens is 1. The molecule has 4 aromatic rings. The summed E-state index contributed by atoms with van der Waals surface area (Å²) in [5, 5.41) is 5.94. The summed E-state index contributed by atoms with van der Waals surface area (Å²) in [6.45, 7) is 3.23. The molecule has 0 radical (unpaired) electrons. The molecule has 0 saturated heterocycles. The number of aryl methyl sites for hydroxylation is 1. The Balaban J connectivity index is 1.50. The van der Waals surface area contributed by atoms with Crippen LogP contribution < -0.4 is 5.32 Å². The SMILES string of the molecule is CC(=O)c1ccc(Cc2nc(NC(=O)c3nc(C)oc3-c3cccc(Cl)c3)cs2)s1. The molecule has 30 heavy (non-hydrogen) atoms. The Labute approximate surface area is 185 Å². The number of aromatic nitrogens is 2. The first kappa shape index (κ1) is 20.5. The van der Waals surface area contributed by atoms with E-state index in [-0.39, 0.29) is 11.5 Å². The lowest BCUT2D eigenvalue weighted by Crippen LogP contribution is -2.13. The van der Waals surface area contributed by atoms with Crippen LogP contribution in [0.3, 0.4) is 0 Å². The number of rotatable bonds is 6. The van der Waals surface area contributed by atoms with Gasteiger partial charge in [-0.3, -0.25) is 9.59 Å². The minimum Gasteiger partial charge on any atom is -0.440 e. The Morgan fingerprint density at radius 2 is 2.03 bits per heavy atom. The molecule has 0 fully saturated rings. The third-order valence-corrected chi connectivity index (χ3v) is 6.43. The van der Waals surface area contributed by atoms with Gasteiger partial charge in [-0.2, -0.15) is 0 Å². The van der Waals surface area contributed by atoms with Crippen molar-refractivity contribution in [1.82, 2.24) is 9.97 Å². The van der Waals surface area contributed by atoms with Crippen LogP contribution in [-0.4, -0.2) is 21.7 Å². The highest BCUT2D eigenvalue weighted by molar-refractivity contribution is 7.14. The monoisotopic (exact) mass is 457 g/mol. The van der Waals surface area contributed by atoms with Crippen LogP contribution in [0.25, 0.3) is 11.3 Å². The molecule has 0 bridgehead atoms. The number of anilines is 1. The molecule has 0 unspecified atom stereocenters. The van der Waals surface area contributed by atoms with Gasteiger partial charge in [0.25, 0.3) is 5.91 Å². The second-order valence-electron chi connectivity index (χ2n) is 6.50. The molecule has 4 rings (SSSR count). The van der Waals surface area contributed by atoms with Crippen molar-refractivity contribution < 1.29 is 14.0 Å². The van der Waals surface area contributed by atoms with Gasteiger partial charge in [-0.25, -0.2) is 9.97 Å². The van der Waals surface area contributed by atoms with E-state index in [9.17, 15) is 9.59 Å². The number of amides is 1. The minimum atomic E-state index is -0.409. The topological polar surface area (TPSA) is 85.1 Å². The van der Waals surface area contributed by atoms with Crippen LogP contribution in [0.1, 0.15) is 42.9 Å². The summed E-state index contributed by atoms with van der Waals surface area (Å²) in [6, 6.07) is 10.8. The lowest BCUT2D eigenvalue weighted by Gasteiger charge is -2.02. The van der Waals surface area contributed by atoms with E-state index in [4.69, 9.17) is 16.0 Å². The predicted molar refractivity (Wildman–Crippen MR) is 119 cm³/mol. The standard InChI is InChI=1S/C21H16ClN3O3S2/c1-11(26)16-7-6-15(30-16)9-18-24-17(10-29-18)25-21(27)19-20(28-12(2)23-19)13-4-3-5-14(22)8-13/h3-8,10H,9H2,1-2H3,(H,25,27). The van der Waals surface area contributed by atoms with Crippen LogP contribution in [-0.2, 0) is 6.42 Å². The molecule has 0 saturated carbocycles. The summed E-state index contributed by atoms with van der Waals surface area (Å²) in [4.78, 5) is 34.7. The van der Waals surface area contributed by atoms with Crippen molar-refractivity contribution in [3.8, 4) is 11.3 Å². The van der Waals surface area contributed by atoms with Crippen molar-refractivity contribution in [3.63, 3.8) is 0 Å². The van der Waals surface area contributed by atoms with E-state index < -0.39 is 5.91 Å². The van der Waals surface area contributed by atoms with Crippen molar-refractivity contribution >= 4 is 51.8 Å². The average Bonchev–Trinajstić information content (AvgIpc) is 3.42. The van der Waals surface area contributed by atoms with E-state index in [1.165, 1.54) is 22.7 Å². The summed E-state index contributed by atoms with van der Waals surface area (Å²) in [6.07, 6.45) is 0.606. The normalized spacial score (nSPS) is 10.9. The minimum absolute atomic E-state index is 0.0526. The maximum Gasteiger partial charge on any atom is 0.279 e. The number of nitrogens with one attached hydrogen (secondary N) is 1. The lowest BCUT2D eigenvalue weighted by atomic mass is 10.1. The van der Waals surface area contributed by atoms with Gasteiger partial charge in [-0.15, -0.1) is 22.7 Å². The zero-order valence-electron chi connectivity index (χ0n) is 16.1. The quantitative estimate of drug-likeness (QED) is 0.366. The first-order valence-electron chi connectivity index (χ1n) is 8.98. The summed E-state index contributed by atoms with van der Waals surface area (Å²) < 4.78 is 5.65. The van der Waals surface area contributed by atoms with Crippen LogP contribution in [0.15, 0.2) is 46.2 Å². The fourth-order valence-electron chi connectivity index (χ4n) is 2.84. The van der Waals surface area contributed by atoms with Gasteiger partial charge in [0.1, 0.15) is 10.8 Å². The molecule has 6 nitrogen and oxygen atoms in total. The average molecular weight is 458 g/mol. The second-order valence-corrected chi connectivity index (χ2v) is 9.05. The number of ketones is 1. The molecule has 0 aliphatic carbocycles. The molecule has 0 aliphatic heterocycles. The van der Waals surface area contributed by atoms with E-state index in [0.717, 1.165) is 14.8 Å². The van der Waals surface area contributed by atoms with Gasteiger partial charge in [0.05, 0.1) is 4.88 Å². The molecule has 3 heterocycles. The second kappa shape index (κ2) is 8.51. The number of thiazole rings is 1. The molecule has 1 amide bonds. The highest BCUT2D eigenvalue weighted by Crippen LogP contribution is 2.28. The molecule has 1 aromatic carbocycles. The number of oxazole rings is 1. The van der Waals surface area contributed by atoms with E-state index in [0.29, 0.717) is 34.5 Å². The zero-order valence-corrected chi connectivity index (χ0v) is 18.5. The maximum atomic E-state index is 12.8. The van der Waals surface area contributed by atoms with Crippen LogP contribution in [0.4, 0.5) is 5.82 Å². The summed E-state index contributed by atoms with van der Waals surface area (Å²) >= 11 is 8.96. The Morgan fingerprint density at radius 1 is 1.20 bits per heavy atom. The van der Waals surface area contributed by atoms with Gasteiger partial charge in [0.15, 0.2) is 23.1 Å². The molecule has 152 valence electrons. The first-order chi connectivity index (χ1) is 14.4. The molecule has 0 atom stereocenters. The predicted octanol–water partition coefficient (Wildman–Crippen LogP) is 5.87. The number of thiophene rings is 1. The molecular weight excluding hydrogens is 442 g/mol. The highest BCUT2D eigenvalue weighted by Gasteiger charge is 2.21. The fraction of sp³-hybridized carbons (Fsp3) is 0.143. The molecule has 0 spiro atoms. The number of Topliss-reactive ketones (excluding diaryl/α,β-unsaturated/α-hetero) is 1. The van der Waals surface area contributed by atoms with E-state index >= 15 is 0 Å². The lowest BCUT2D eigenvalue weighted by molar-refractivity contribution is 0.101. The zero-order chi connectivity index (χ0) is 21.3. The summed E-state index contributed by atoms with van der Waals surface area (Å²) in [5.41, 5.74) is 0.847. The Bertz CT molecular complexity index is 1240. The van der Waals surface area contributed by atoms with Gasteiger partial charge >= 0.3 is 0 Å². The van der Waals surface area contributed by atoms with Gasteiger partial charge in [-0.05, 0) is 31.2 Å². The van der Waals surface area contributed by atoms with Crippen LogP contribution in [0.5, 0.6) is 0 Å². The number of carbonyl (C=O) groups is 2. The van der Waals surface area contributed by atoms with Crippen LogP contribution in [0.2, 0.25) is 5.02 Å². The highest BCUT2D eigenvalue weighted by atomic mass is 35.5. The smallest absolute Gasteiger partial charge is 0.279 e. The van der Waals surface area contributed by atoms with Crippen LogP contribution >= 0.6 is 34.3 Å². The van der Waals surface area contributed by atoms with Crippen LogP contribution in [0, 0.1) is 6.92 Å². The third kappa shape index (κ3) is 4.51. The first-order valence-corrected chi connectivity index (χ1v) is 11.0. The van der Waals surface area contributed by atoms with Crippen molar-refractivity contribution in [3.05, 3.63) is 73.1 Å². The molecule has 0 aliphatic rings. The van der Waals surface area contributed by atoms with Gasteiger partial charge in [0.2, 0.25) is 0 Å². The van der Waals surface area contributed by atoms with E-state index in [1.54, 1.807) is 43.5 Å². The van der Waals surface area contributed by atoms with Crippen molar-refractivity contribution in [2.75, 3.05) is 5.32 Å². The number of hydrogen-bond donors (Lipinski definition) is 1. The number of hydrogen-bond acceptors (Lipinski definition) is 7. The molecular formula is C21H16ClN3O3S2. The Morgan fingerprint density at radius 3 is 2.77 bits per heavy atom. The van der Waals surface area contributed by atoms with E-state index in [1.807, 2.05) is 12.1 Å². The largest absolute Gasteiger partial charge is 0.440 e. The molecule has 1 N–H and O–H groups in total. The number of carbonyl (C=O) groups excluding carboxylic acids is 2. The fourth-order valence-corrected chi connectivity index (χ4v) is 4.78. The third-order valence-electron chi connectivity index (χ3n) is 4.16. The molecule has 9 heteroatoms. The number of benzene rings is 1.